The van der Waals surface area contributed by atoms with Gasteiger partial charge in [0.2, 0.25) is 11.5 Å². The minimum atomic E-state index is -1.34. The van der Waals surface area contributed by atoms with Crippen LogP contribution in [-0.2, 0) is 9.47 Å². The van der Waals surface area contributed by atoms with E-state index in [4.69, 9.17) is 37.9 Å². The van der Waals surface area contributed by atoms with Crippen LogP contribution in [0.1, 0.15) is 35.0 Å². The number of phenols is 2. The van der Waals surface area contributed by atoms with Crippen molar-refractivity contribution < 1.29 is 58.3 Å². The van der Waals surface area contributed by atoms with Crippen molar-refractivity contribution in [2.45, 2.75) is 24.4 Å². The number of phenolic OH excluding ortho intramolecular Hbond substituents is 2. The lowest BCUT2D eigenvalue weighted by atomic mass is 9.84. The zero-order valence-electron chi connectivity index (χ0n) is 25.2. The Labute approximate surface area is 255 Å². The highest BCUT2D eigenvalue weighted by atomic mass is 16.6. The van der Waals surface area contributed by atoms with Crippen molar-refractivity contribution in [3.63, 3.8) is 0 Å². The number of hydrogen-bond acceptors (Lipinski definition) is 12. The summed E-state index contributed by atoms with van der Waals surface area (Å²) in [4.78, 5) is 0. The van der Waals surface area contributed by atoms with Gasteiger partial charge >= 0.3 is 0 Å². The average Bonchev–Trinajstić information content (AvgIpc) is 3.66. The maximum absolute atomic E-state index is 11.2. The lowest BCUT2D eigenvalue weighted by molar-refractivity contribution is -0.00206. The summed E-state index contributed by atoms with van der Waals surface area (Å²) in [5, 5.41) is 41.7. The average molecular weight is 615 g/mol. The Morgan fingerprint density at radius 1 is 0.705 bits per heavy atom. The number of aliphatic hydroxyl groups excluding tert-OH is 2. The van der Waals surface area contributed by atoms with E-state index in [0.29, 0.717) is 30.5 Å². The molecule has 0 aliphatic carbocycles. The number of methoxy groups -OCH3 is 5. The smallest absolute Gasteiger partial charge is 0.204 e. The molecule has 2 fully saturated rings. The molecule has 0 saturated carbocycles. The molecule has 0 spiro atoms. The van der Waals surface area contributed by atoms with Gasteiger partial charge in [-0.25, -0.2) is 0 Å². The molecule has 4 N–H and O–H groups in total. The third-order valence-electron chi connectivity index (χ3n) is 8.25. The van der Waals surface area contributed by atoms with Gasteiger partial charge in [-0.1, -0.05) is 6.07 Å². The molecule has 0 aromatic heterocycles. The monoisotopic (exact) mass is 614 g/mol. The normalized spacial score (nSPS) is 22.2. The summed E-state index contributed by atoms with van der Waals surface area (Å²) in [7, 11) is 7.22. The fourth-order valence-electron chi connectivity index (χ4n) is 5.94. The van der Waals surface area contributed by atoms with Gasteiger partial charge in [-0.15, -0.1) is 0 Å². The van der Waals surface area contributed by atoms with E-state index in [9.17, 15) is 20.4 Å². The highest BCUT2D eigenvalue weighted by molar-refractivity contribution is 5.56. The van der Waals surface area contributed by atoms with E-state index in [1.165, 1.54) is 47.7 Å². The number of rotatable bonds is 12. The van der Waals surface area contributed by atoms with E-state index in [1.807, 2.05) is 6.07 Å². The zero-order valence-corrected chi connectivity index (χ0v) is 25.2. The Hall–Kier alpha value is -4.10. The van der Waals surface area contributed by atoms with Crippen LogP contribution in [0.15, 0.2) is 42.5 Å². The summed E-state index contributed by atoms with van der Waals surface area (Å²) in [6.07, 6.45) is -3.05. The maximum atomic E-state index is 11.2. The summed E-state index contributed by atoms with van der Waals surface area (Å²) in [6.45, 7) is 0.367. The topological polar surface area (TPSA) is 155 Å². The van der Waals surface area contributed by atoms with Crippen LogP contribution in [0.2, 0.25) is 0 Å². The van der Waals surface area contributed by atoms with Crippen LogP contribution < -0.4 is 28.4 Å². The van der Waals surface area contributed by atoms with Gasteiger partial charge < -0.3 is 58.3 Å². The summed E-state index contributed by atoms with van der Waals surface area (Å²) in [5.41, 5.74) is 1.98. The van der Waals surface area contributed by atoms with Crippen molar-refractivity contribution in [3.05, 3.63) is 59.2 Å². The van der Waals surface area contributed by atoms with Crippen LogP contribution in [0.5, 0.6) is 46.0 Å². The van der Waals surface area contributed by atoms with Crippen LogP contribution >= 0.6 is 0 Å². The molecule has 238 valence electrons. The number of aliphatic hydroxyl groups is 2. The van der Waals surface area contributed by atoms with Crippen molar-refractivity contribution in [1.29, 1.82) is 0 Å². The molecule has 2 heterocycles. The molecule has 12 nitrogen and oxygen atoms in total. The Morgan fingerprint density at radius 3 is 1.70 bits per heavy atom. The maximum Gasteiger partial charge on any atom is 0.204 e. The largest absolute Gasteiger partial charge is 0.504 e. The van der Waals surface area contributed by atoms with Gasteiger partial charge in [0, 0.05) is 11.8 Å². The second-order valence-electron chi connectivity index (χ2n) is 10.6. The molecule has 6 atom stereocenters. The lowest BCUT2D eigenvalue weighted by Gasteiger charge is -2.26. The number of aromatic hydroxyl groups is 2. The van der Waals surface area contributed by atoms with Crippen molar-refractivity contribution >= 4 is 0 Å². The molecule has 0 bridgehead atoms. The first-order valence-electron chi connectivity index (χ1n) is 14.0. The highest BCUT2D eigenvalue weighted by Gasteiger charge is 2.48. The minimum Gasteiger partial charge on any atom is -0.504 e. The molecule has 3 aromatic rings. The second-order valence-corrected chi connectivity index (χ2v) is 10.6. The summed E-state index contributed by atoms with van der Waals surface area (Å²) >= 11 is 0. The Bertz CT molecular complexity index is 1410. The van der Waals surface area contributed by atoms with Gasteiger partial charge in [0.15, 0.2) is 40.6 Å². The van der Waals surface area contributed by atoms with Crippen molar-refractivity contribution in [2.75, 3.05) is 55.4 Å². The van der Waals surface area contributed by atoms with Crippen molar-refractivity contribution in [3.8, 4) is 46.0 Å². The predicted octanol–water partition coefficient (Wildman–Crippen LogP) is 3.69. The highest BCUT2D eigenvalue weighted by Crippen LogP contribution is 2.53. The number of ether oxygens (including phenoxy) is 8. The van der Waals surface area contributed by atoms with E-state index >= 15 is 0 Å². The zero-order chi connectivity index (χ0) is 31.5. The van der Waals surface area contributed by atoms with E-state index < -0.39 is 18.8 Å². The predicted molar refractivity (Wildman–Crippen MR) is 156 cm³/mol. The van der Waals surface area contributed by atoms with Crippen LogP contribution in [0.25, 0.3) is 0 Å². The Morgan fingerprint density at radius 2 is 1.20 bits per heavy atom. The number of fused-ring (bicyclic) bond motifs is 1. The Kier molecular flexibility index (Phi) is 9.45. The van der Waals surface area contributed by atoms with Crippen LogP contribution in [0.4, 0.5) is 0 Å². The third-order valence-corrected chi connectivity index (χ3v) is 8.25. The molecule has 0 radical (unpaired) electrons. The van der Waals surface area contributed by atoms with E-state index in [1.54, 1.807) is 24.3 Å². The summed E-state index contributed by atoms with van der Waals surface area (Å²) in [5.74, 6) is 1.32. The van der Waals surface area contributed by atoms with Gasteiger partial charge in [-0.2, -0.15) is 0 Å². The van der Waals surface area contributed by atoms with Crippen molar-refractivity contribution in [1.82, 2.24) is 0 Å². The molecule has 5 rings (SSSR count). The minimum absolute atomic E-state index is 0.0347. The first kappa shape index (κ1) is 31.3. The molecule has 2 aliphatic heterocycles. The van der Waals surface area contributed by atoms with Crippen molar-refractivity contribution in [2.24, 2.45) is 11.8 Å². The lowest BCUT2D eigenvalue weighted by Crippen LogP contribution is -2.29. The molecule has 12 heteroatoms. The van der Waals surface area contributed by atoms with Gasteiger partial charge in [0.05, 0.1) is 67.6 Å². The summed E-state index contributed by atoms with van der Waals surface area (Å²) < 4.78 is 45.7. The van der Waals surface area contributed by atoms with Gasteiger partial charge in [-0.3, -0.25) is 0 Å². The van der Waals surface area contributed by atoms with E-state index in [0.717, 1.165) is 11.1 Å². The van der Waals surface area contributed by atoms with Crippen LogP contribution in [0.3, 0.4) is 0 Å². The SMILES string of the molecule is COc1cc(C2OCC3C(c4cc(OC)c(OC(CO)C(O)c5cc(OC)c(O)c(OC)c5)c(OC)c4)OCC23)ccc1O. The fourth-order valence-corrected chi connectivity index (χ4v) is 5.94. The molecule has 0 amide bonds. The first-order chi connectivity index (χ1) is 21.3. The van der Waals surface area contributed by atoms with Gasteiger partial charge in [0.25, 0.3) is 0 Å². The fraction of sp³-hybridized carbons (Fsp3) is 0.438. The number of benzene rings is 3. The Balaban J connectivity index is 1.40. The van der Waals surface area contributed by atoms with Gasteiger partial charge in [-0.05, 0) is 53.1 Å². The third kappa shape index (κ3) is 5.73. The molecule has 44 heavy (non-hydrogen) atoms. The first-order valence-corrected chi connectivity index (χ1v) is 14.0. The summed E-state index contributed by atoms with van der Waals surface area (Å²) in [6, 6.07) is 11.6. The van der Waals surface area contributed by atoms with Crippen LogP contribution in [0, 0.1) is 11.8 Å². The molecular formula is C32H38O12. The van der Waals surface area contributed by atoms with E-state index in [-0.39, 0.29) is 58.4 Å². The molecule has 2 saturated heterocycles. The number of hydrogen-bond donors (Lipinski definition) is 4. The van der Waals surface area contributed by atoms with Gasteiger partial charge in [0.1, 0.15) is 6.10 Å². The molecule has 3 aromatic carbocycles. The van der Waals surface area contributed by atoms with E-state index in [2.05, 4.69) is 0 Å². The second kappa shape index (κ2) is 13.3. The molecular weight excluding hydrogens is 576 g/mol. The quantitative estimate of drug-likeness (QED) is 0.235. The molecule has 6 unspecified atom stereocenters. The van der Waals surface area contributed by atoms with Crippen LogP contribution in [-0.4, -0.2) is 81.9 Å². The standard InChI is InChI=1S/C32H38O12/c1-37-22-8-16(6-7-21(22)34)30-19-14-43-31(20(19)15-42-30)18-11-25(40-4)32(26(12-18)41-5)44-27(13-33)28(35)17-9-23(38-2)29(36)24(10-17)39-3/h6-12,19-20,27-28,30-31,33-36H,13-15H2,1-5H3. The molecule has 2 aliphatic rings.